The second-order valence-electron chi connectivity index (χ2n) is 10.5. The summed E-state index contributed by atoms with van der Waals surface area (Å²) in [5.74, 6) is 0.640. The molecule has 2 atom stereocenters. The molecule has 2 aliphatic heterocycles. The number of hydrogen-bond acceptors (Lipinski definition) is 5. The zero-order valence-corrected chi connectivity index (χ0v) is 21.8. The number of alkyl halides is 3. The summed E-state index contributed by atoms with van der Waals surface area (Å²) in [5.41, 5.74) is -1.32. The van der Waals surface area contributed by atoms with E-state index in [9.17, 15) is 23.1 Å². The van der Waals surface area contributed by atoms with Gasteiger partial charge in [-0.2, -0.15) is 18.4 Å². The van der Waals surface area contributed by atoms with Gasteiger partial charge in [-0.3, -0.25) is 4.79 Å². The first-order valence-electron chi connectivity index (χ1n) is 13.1. The van der Waals surface area contributed by atoms with Gasteiger partial charge in [-0.25, -0.2) is 0 Å². The maximum atomic E-state index is 13.3. The van der Waals surface area contributed by atoms with Crippen LogP contribution in [-0.2, 0) is 6.18 Å². The van der Waals surface area contributed by atoms with E-state index in [4.69, 9.17) is 10.00 Å². The van der Waals surface area contributed by atoms with Crippen LogP contribution in [0.15, 0.2) is 42.5 Å². The number of nitrogens with zero attached hydrogens (tertiary/aromatic N) is 3. The standard InChI is InChI=1S/C29H34F3N3O3/c1-20-4-3-5-21(2)35(20)27(36)22-7-10-25(11-8-22)38-17-14-28(37)12-15-34(16-13-28)24-9-6-23(19-33)26(18-24)29(30,31)32/h6-11,18,20-21,37H,3-5,12-17H2,1-2H3/t20-,21+. The Morgan fingerprint density at radius 2 is 1.74 bits per heavy atom. The fourth-order valence-corrected chi connectivity index (χ4v) is 5.52. The Labute approximate surface area is 221 Å². The average Bonchev–Trinajstić information content (AvgIpc) is 2.88. The van der Waals surface area contributed by atoms with E-state index < -0.39 is 22.9 Å². The second kappa shape index (κ2) is 11.2. The van der Waals surface area contributed by atoms with Crippen molar-refractivity contribution in [3.8, 4) is 11.8 Å². The van der Waals surface area contributed by atoms with Crippen LogP contribution in [0.2, 0.25) is 0 Å². The smallest absolute Gasteiger partial charge is 0.417 e. The Kier molecular flexibility index (Phi) is 8.22. The van der Waals surface area contributed by atoms with Crippen LogP contribution < -0.4 is 9.64 Å². The fraction of sp³-hybridized carbons (Fsp3) is 0.517. The lowest BCUT2D eigenvalue weighted by atomic mass is 9.88. The van der Waals surface area contributed by atoms with E-state index >= 15 is 0 Å². The number of piperidine rings is 2. The van der Waals surface area contributed by atoms with E-state index in [1.54, 1.807) is 35.2 Å². The van der Waals surface area contributed by atoms with Gasteiger partial charge >= 0.3 is 6.18 Å². The van der Waals surface area contributed by atoms with Crippen LogP contribution in [0.1, 0.15) is 73.9 Å². The number of anilines is 1. The van der Waals surface area contributed by atoms with Gasteiger partial charge in [0.2, 0.25) is 0 Å². The fourth-order valence-electron chi connectivity index (χ4n) is 5.52. The number of rotatable bonds is 6. The summed E-state index contributed by atoms with van der Waals surface area (Å²) >= 11 is 0. The molecule has 2 aromatic carbocycles. The van der Waals surface area contributed by atoms with Crippen LogP contribution >= 0.6 is 0 Å². The molecule has 1 N–H and O–H groups in total. The van der Waals surface area contributed by atoms with Crippen LogP contribution in [0.3, 0.4) is 0 Å². The minimum Gasteiger partial charge on any atom is -0.493 e. The van der Waals surface area contributed by atoms with Gasteiger partial charge in [-0.15, -0.1) is 0 Å². The van der Waals surface area contributed by atoms with Gasteiger partial charge in [0.05, 0.1) is 29.4 Å². The molecule has 0 aromatic heterocycles. The lowest BCUT2D eigenvalue weighted by Gasteiger charge is -2.39. The van der Waals surface area contributed by atoms with E-state index in [2.05, 4.69) is 13.8 Å². The Morgan fingerprint density at radius 1 is 1.11 bits per heavy atom. The minimum atomic E-state index is -4.61. The van der Waals surface area contributed by atoms with Crippen molar-refractivity contribution in [3.05, 3.63) is 59.2 Å². The molecule has 0 spiro atoms. The molecule has 0 aliphatic carbocycles. The maximum absolute atomic E-state index is 13.3. The molecule has 0 radical (unpaired) electrons. The third-order valence-electron chi connectivity index (χ3n) is 7.85. The second-order valence-corrected chi connectivity index (χ2v) is 10.5. The van der Waals surface area contributed by atoms with Crippen LogP contribution in [-0.4, -0.2) is 53.3 Å². The Morgan fingerprint density at radius 3 is 2.32 bits per heavy atom. The molecule has 2 aromatic rings. The number of ether oxygens (including phenoxy) is 1. The van der Waals surface area contributed by atoms with Gasteiger partial charge in [-0.05, 0) is 88.4 Å². The van der Waals surface area contributed by atoms with Gasteiger partial charge in [0.1, 0.15) is 5.75 Å². The van der Waals surface area contributed by atoms with Crippen molar-refractivity contribution in [2.45, 2.75) is 76.2 Å². The van der Waals surface area contributed by atoms with Crippen molar-refractivity contribution in [1.82, 2.24) is 4.90 Å². The van der Waals surface area contributed by atoms with E-state index in [0.717, 1.165) is 25.3 Å². The molecule has 1 amide bonds. The van der Waals surface area contributed by atoms with Crippen molar-refractivity contribution in [2.24, 2.45) is 0 Å². The van der Waals surface area contributed by atoms with E-state index in [-0.39, 0.29) is 24.6 Å². The van der Waals surface area contributed by atoms with Gasteiger partial charge in [-0.1, -0.05) is 0 Å². The molecule has 0 bridgehead atoms. The largest absolute Gasteiger partial charge is 0.493 e. The number of aliphatic hydroxyl groups is 1. The summed E-state index contributed by atoms with van der Waals surface area (Å²) in [7, 11) is 0. The van der Waals surface area contributed by atoms with Crippen LogP contribution in [0.25, 0.3) is 0 Å². The molecular weight excluding hydrogens is 495 g/mol. The number of carbonyl (C=O) groups is 1. The molecule has 38 heavy (non-hydrogen) atoms. The number of nitriles is 1. The zero-order valence-electron chi connectivity index (χ0n) is 21.8. The number of benzene rings is 2. The first kappa shape index (κ1) is 27.8. The molecule has 9 heteroatoms. The molecule has 2 aliphatic rings. The number of halogens is 3. The van der Waals surface area contributed by atoms with Crippen molar-refractivity contribution in [3.63, 3.8) is 0 Å². The summed E-state index contributed by atoms with van der Waals surface area (Å²) in [6.07, 6.45) is -0.289. The highest BCUT2D eigenvalue weighted by atomic mass is 19.4. The van der Waals surface area contributed by atoms with Crippen LogP contribution in [0.5, 0.6) is 5.75 Å². The molecule has 204 valence electrons. The summed E-state index contributed by atoms with van der Waals surface area (Å²) in [5, 5.41) is 20.0. The van der Waals surface area contributed by atoms with Crippen LogP contribution in [0, 0.1) is 11.3 Å². The zero-order chi connectivity index (χ0) is 27.5. The number of carbonyl (C=O) groups excluding carboxylic acids is 1. The normalized spacial score (nSPS) is 21.6. The molecule has 0 saturated carbocycles. The molecule has 2 fully saturated rings. The summed E-state index contributed by atoms with van der Waals surface area (Å²) in [6.45, 7) is 5.24. The third kappa shape index (κ3) is 6.24. The minimum absolute atomic E-state index is 0.0296. The maximum Gasteiger partial charge on any atom is 0.417 e. The van der Waals surface area contributed by atoms with Crippen molar-refractivity contribution < 1.29 is 27.8 Å². The van der Waals surface area contributed by atoms with E-state index in [0.29, 0.717) is 49.4 Å². The number of amides is 1. The van der Waals surface area contributed by atoms with Crippen LogP contribution in [0.4, 0.5) is 18.9 Å². The van der Waals surface area contributed by atoms with Gasteiger partial charge < -0.3 is 19.6 Å². The molecule has 2 heterocycles. The summed E-state index contributed by atoms with van der Waals surface area (Å²) in [6, 6.07) is 12.8. The quantitative estimate of drug-likeness (QED) is 0.513. The number of hydrogen-bond donors (Lipinski definition) is 1. The Bertz CT molecular complexity index is 1160. The monoisotopic (exact) mass is 529 g/mol. The highest BCUT2D eigenvalue weighted by molar-refractivity contribution is 5.94. The third-order valence-corrected chi connectivity index (χ3v) is 7.85. The average molecular weight is 530 g/mol. The summed E-state index contributed by atoms with van der Waals surface area (Å²) < 4.78 is 45.8. The van der Waals surface area contributed by atoms with Gasteiger partial charge in [0, 0.05) is 42.8 Å². The van der Waals surface area contributed by atoms with Crippen molar-refractivity contribution in [2.75, 3.05) is 24.6 Å². The molecule has 6 nitrogen and oxygen atoms in total. The van der Waals surface area contributed by atoms with Gasteiger partial charge in [0.25, 0.3) is 5.91 Å². The van der Waals surface area contributed by atoms with Gasteiger partial charge in [0.15, 0.2) is 0 Å². The van der Waals surface area contributed by atoms with Crippen molar-refractivity contribution >= 4 is 11.6 Å². The predicted octanol–water partition coefficient (Wildman–Crippen LogP) is 5.78. The lowest BCUT2D eigenvalue weighted by Crippen LogP contribution is -2.47. The SMILES string of the molecule is C[C@@H]1CCC[C@H](C)N1C(=O)c1ccc(OCCC2(O)CCN(c3ccc(C#N)c(C(F)(F)F)c3)CC2)cc1. The molecular formula is C29H34F3N3O3. The molecule has 4 rings (SSSR count). The predicted molar refractivity (Wildman–Crippen MR) is 138 cm³/mol. The molecule has 0 unspecified atom stereocenters. The first-order valence-corrected chi connectivity index (χ1v) is 13.1. The topological polar surface area (TPSA) is 76.8 Å². The Balaban J connectivity index is 1.28. The highest BCUT2D eigenvalue weighted by Crippen LogP contribution is 2.36. The summed E-state index contributed by atoms with van der Waals surface area (Å²) in [4.78, 5) is 16.8. The lowest BCUT2D eigenvalue weighted by molar-refractivity contribution is -0.137. The Hall–Kier alpha value is -3.25. The number of likely N-dealkylation sites (tertiary alicyclic amines) is 1. The first-order chi connectivity index (χ1) is 18.0. The van der Waals surface area contributed by atoms with Crippen molar-refractivity contribution in [1.29, 1.82) is 5.26 Å². The molecule has 2 saturated heterocycles. The van der Waals surface area contributed by atoms with E-state index in [1.165, 1.54) is 12.1 Å². The highest BCUT2D eigenvalue weighted by Gasteiger charge is 2.36. The van der Waals surface area contributed by atoms with E-state index in [1.807, 2.05) is 4.90 Å².